The van der Waals surface area contributed by atoms with Gasteiger partial charge in [0.15, 0.2) is 0 Å². The summed E-state index contributed by atoms with van der Waals surface area (Å²) in [5.74, 6) is -0.391. The average Bonchev–Trinajstić information content (AvgIpc) is 2.43. The molecule has 1 heterocycles. The second-order valence-electron chi connectivity index (χ2n) is 3.50. The highest BCUT2D eigenvalue weighted by Crippen LogP contribution is 2.28. The van der Waals surface area contributed by atoms with Crippen LogP contribution in [0.3, 0.4) is 0 Å². The standard InChI is InChI=1S/C10H12N2O2/c1-6(13)11-9-7-4-2-3-5-8(7)12-10(9)14/h5H,2-4H2,1H3,(H,11,13)(H,12,14). The minimum atomic E-state index is -0.200. The van der Waals surface area contributed by atoms with Gasteiger partial charge in [0.1, 0.15) is 5.70 Å². The first kappa shape index (κ1) is 8.99. The lowest BCUT2D eigenvalue weighted by atomic mass is 9.99. The Kier molecular flexibility index (Phi) is 2.11. The van der Waals surface area contributed by atoms with E-state index in [0.717, 1.165) is 30.5 Å². The summed E-state index contributed by atoms with van der Waals surface area (Å²) in [6, 6.07) is 0. The summed E-state index contributed by atoms with van der Waals surface area (Å²) in [5, 5.41) is 5.32. The predicted molar refractivity (Wildman–Crippen MR) is 50.9 cm³/mol. The fraction of sp³-hybridized carbons (Fsp3) is 0.400. The highest BCUT2D eigenvalue weighted by atomic mass is 16.2. The molecule has 4 nitrogen and oxygen atoms in total. The van der Waals surface area contributed by atoms with Crippen LogP contribution in [0.4, 0.5) is 0 Å². The Balaban J connectivity index is 2.34. The van der Waals surface area contributed by atoms with Crippen LogP contribution in [0.15, 0.2) is 23.0 Å². The van der Waals surface area contributed by atoms with Crippen LogP contribution in [0.25, 0.3) is 0 Å². The molecule has 0 saturated heterocycles. The Labute approximate surface area is 82.1 Å². The Morgan fingerprint density at radius 2 is 2.36 bits per heavy atom. The molecular formula is C10H12N2O2. The topological polar surface area (TPSA) is 58.2 Å². The molecule has 0 unspecified atom stereocenters. The fourth-order valence-corrected chi connectivity index (χ4v) is 1.80. The quantitative estimate of drug-likeness (QED) is 0.638. The van der Waals surface area contributed by atoms with Gasteiger partial charge in [-0.3, -0.25) is 9.59 Å². The molecule has 0 saturated carbocycles. The van der Waals surface area contributed by atoms with E-state index in [1.165, 1.54) is 6.92 Å². The number of carbonyl (C=O) groups excluding carboxylic acids is 2. The van der Waals surface area contributed by atoms with E-state index in [1.54, 1.807) is 0 Å². The summed E-state index contributed by atoms with van der Waals surface area (Å²) in [5.41, 5.74) is 2.27. The minimum absolute atomic E-state index is 0.191. The first-order valence-corrected chi connectivity index (χ1v) is 4.71. The number of allylic oxidation sites excluding steroid dienone is 2. The zero-order valence-electron chi connectivity index (χ0n) is 8.02. The molecule has 0 aromatic carbocycles. The summed E-state index contributed by atoms with van der Waals surface area (Å²) in [7, 11) is 0. The monoisotopic (exact) mass is 192 g/mol. The summed E-state index contributed by atoms with van der Waals surface area (Å²) in [4.78, 5) is 22.3. The molecule has 4 heteroatoms. The van der Waals surface area contributed by atoms with Gasteiger partial charge in [-0.2, -0.15) is 0 Å². The Morgan fingerprint density at radius 1 is 1.57 bits per heavy atom. The fourth-order valence-electron chi connectivity index (χ4n) is 1.80. The zero-order chi connectivity index (χ0) is 10.1. The Hall–Kier alpha value is -1.58. The van der Waals surface area contributed by atoms with Crippen molar-refractivity contribution in [1.29, 1.82) is 0 Å². The number of amides is 2. The predicted octanol–water partition coefficient (Wildman–Crippen LogP) is 0.574. The summed E-state index contributed by atoms with van der Waals surface area (Å²) in [6.45, 7) is 1.41. The molecule has 1 aliphatic heterocycles. The van der Waals surface area contributed by atoms with E-state index in [0.29, 0.717) is 5.70 Å². The molecule has 2 aliphatic rings. The van der Waals surface area contributed by atoms with Crippen molar-refractivity contribution in [1.82, 2.24) is 10.6 Å². The third-order valence-corrected chi connectivity index (χ3v) is 2.38. The third-order valence-electron chi connectivity index (χ3n) is 2.38. The maximum Gasteiger partial charge on any atom is 0.272 e. The number of hydrogen-bond donors (Lipinski definition) is 2. The van der Waals surface area contributed by atoms with Crippen molar-refractivity contribution in [2.24, 2.45) is 0 Å². The SMILES string of the molecule is CC(=O)NC1=C2CCCC=C2NC1=O. The molecule has 0 radical (unpaired) electrons. The number of rotatable bonds is 1. The molecular weight excluding hydrogens is 180 g/mol. The first-order valence-electron chi connectivity index (χ1n) is 4.71. The molecule has 0 aromatic rings. The highest BCUT2D eigenvalue weighted by Gasteiger charge is 2.28. The van der Waals surface area contributed by atoms with Crippen LogP contribution in [0, 0.1) is 0 Å². The van der Waals surface area contributed by atoms with E-state index in [4.69, 9.17) is 0 Å². The van der Waals surface area contributed by atoms with Crippen molar-refractivity contribution in [2.75, 3.05) is 0 Å². The lowest BCUT2D eigenvalue weighted by Crippen LogP contribution is -2.27. The van der Waals surface area contributed by atoms with E-state index in [-0.39, 0.29) is 11.8 Å². The zero-order valence-corrected chi connectivity index (χ0v) is 8.02. The lowest BCUT2D eigenvalue weighted by Gasteiger charge is -2.10. The van der Waals surface area contributed by atoms with Gasteiger partial charge in [0.2, 0.25) is 5.91 Å². The van der Waals surface area contributed by atoms with Crippen molar-refractivity contribution in [3.8, 4) is 0 Å². The maximum atomic E-state index is 11.5. The van der Waals surface area contributed by atoms with Gasteiger partial charge < -0.3 is 10.6 Å². The molecule has 0 spiro atoms. The van der Waals surface area contributed by atoms with E-state index < -0.39 is 0 Å². The van der Waals surface area contributed by atoms with E-state index in [1.807, 2.05) is 6.08 Å². The van der Waals surface area contributed by atoms with Crippen LogP contribution in [0.5, 0.6) is 0 Å². The maximum absolute atomic E-state index is 11.5. The highest BCUT2D eigenvalue weighted by molar-refractivity contribution is 6.02. The molecule has 2 amide bonds. The first-order chi connectivity index (χ1) is 6.68. The van der Waals surface area contributed by atoms with Crippen molar-refractivity contribution >= 4 is 11.8 Å². The molecule has 74 valence electrons. The van der Waals surface area contributed by atoms with E-state index in [9.17, 15) is 9.59 Å². The molecule has 2 N–H and O–H groups in total. The molecule has 14 heavy (non-hydrogen) atoms. The number of nitrogens with one attached hydrogen (secondary N) is 2. The third kappa shape index (κ3) is 1.43. The number of hydrogen-bond acceptors (Lipinski definition) is 2. The number of fused-ring (bicyclic) bond motifs is 1. The van der Waals surface area contributed by atoms with Crippen molar-refractivity contribution in [3.63, 3.8) is 0 Å². The van der Waals surface area contributed by atoms with Gasteiger partial charge in [-0.15, -0.1) is 0 Å². The Bertz CT molecular complexity index is 366. The van der Waals surface area contributed by atoms with Crippen LogP contribution in [-0.2, 0) is 9.59 Å². The summed E-state index contributed by atoms with van der Waals surface area (Å²) < 4.78 is 0. The molecule has 0 bridgehead atoms. The smallest absolute Gasteiger partial charge is 0.272 e. The van der Waals surface area contributed by atoms with Gasteiger partial charge in [-0.1, -0.05) is 6.08 Å². The van der Waals surface area contributed by atoms with Crippen molar-refractivity contribution in [2.45, 2.75) is 26.2 Å². The average molecular weight is 192 g/mol. The lowest BCUT2D eigenvalue weighted by molar-refractivity contribution is -0.121. The second kappa shape index (κ2) is 3.29. The largest absolute Gasteiger partial charge is 0.321 e. The molecule has 0 atom stereocenters. The van der Waals surface area contributed by atoms with E-state index >= 15 is 0 Å². The Morgan fingerprint density at radius 3 is 3.07 bits per heavy atom. The molecule has 0 aromatic heterocycles. The van der Waals surface area contributed by atoms with Crippen LogP contribution in [0.1, 0.15) is 26.2 Å². The molecule has 2 rings (SSSR count). The normalized spacial score (nSPS) is 20.1. The van der Waals surface area contributed by atoms with Crippen LogP contribution >= 0.6 is 0 Å². The van der Waals surface area contributed by atoms with Gasteiger partial charge in [-0.25, -0.2) is 0 Å². The van der Waals surface area contributed by atoms with Gasteiger partial charge >= 0.3 is 0 Å². The minimum Gasteiger partial charge on any atom is -0.321 e. The number of carbonyl (C=O) groups is 2. The van der Waals surface area contributed by atoms with Gasteiger partial charge in [0.25, 0.3) is 5.91 Å². The molecule has 0 fully saturated rings. The van der Waals surface area contributed by atoms with Crippen molar-refractivity contribution < 1.29 is 9.59 Å². The summed E-state index contributed by atoms with van der Waals surface area (Å²) >= 11 is 0. The van der Waals surface area contributed by atoms with Crippen LogP contribution < -0.4 is 10.6 Å². The van der Waals surface area contributed by atoms with Crippen LogP contribution in [-0.4, -0.2) is 11.8 Å². The van der Waals surface area contributed by atoms with Crippen LogP contribution in [0.2, 0.25) is 0 Å². The second-order valence-corrected chi connectivity index (χ2v) is 3.50. The van der Waals surface area contributed by atoms with Gasteiger partial charge in [0, 0.05) is 18.2 Å². The molecule has 1 aliphatic carbocycles. The van der Waals surface area contributed by atoms with E-state index in [2.05, 4.69) is 10.6 Å². The summed E-state index contributed by atoms with van der Waals surface area (Å²) in [6.07, 6.45) is 4.90. The van der Waals surface area contributed by atoms with Crippen molar-refractivity contribution in [3.05, 3.63) is 23.0 Å². The van der Waals surface area contributed by atoms with Gasteiger partial charge in [0.05, 0.1) is 0 Å². The van der Waals surface area contributed by atoms with Gasteiger partial charge in [-0.05, 0) is 19.3 Å².